The summed E-state index contributed by atoms with van der Waals surface area (Å²) in [5, 5.41) is 3.39. The first-order valence-corrected chi connectivity index (χ1v) is 7.25. The van der Waals surface area contributed by atoms with E-state index >= 15 is 0 Å². The van der Waals surface area contributed by atoms with Gasteiger partial charge >= 0.3 is 0 Å². The van der Waals surface area contributed by atoms with Gasteiger partial charge in [0.15, 0.2) is 6.61 Å². The molecule has 0 aliphatic heterocycles. The number of para-hydroxylation sites is 1. The molecule has 0 spiro atoms. The molecular weight excluding hydrogens is 302 g/mol. The first kappa shape index (κ1) is 16.2. The smallest absolute Gasteiger partial charge is 0.258 e. The minimum atomic E-state index is -0.203. The fourth-order valence-electron chi connectivity index (χ4n) is 1.99. The molecule has 2 aromatic rings. The number of ether oxygens (including phenoxy) is 2. The minimum absolute atomic E-state index is 0.0340. The van der Waals surface area contributed by atoms with Crippen molar-refractivity contribution in [3.8, 4) is 11.5 Å². The van der Waals surface area contributed by atoms with Gasteiger partial charge in [-0.3, -0.25) is 4.79 Å². The van der Waals surface area contributed by atoms with Gasteiger partial charge in [0.1, 0.15) is 11.5 Å². The van der Waals surface area contributed by atoms with Crippen LogP contribution >= 0.6 is 11.6 Å². The Hall–Kier alpha value is -2.20. The molecule has 0 bridgehead atoms. The molecule has 0 saturated carbocycles. The third kappa shape index (κ3) is 4.40. The molecule has 0 radical (unpaired) electrons. The number of hydrogen-bond acceptors (Lipinski definition) is 3. The largest absolute Gasteiger partial charge is 0.496 e. The van der Waals surface area contributed by atoms with Crippen LogP contribution in [0, 0.1) is 6.92 Å². The van der Waals surface area contributed by atoms with Crippen molar-refractivity contribution in [2.24, 2.45) is 0 Å². The van der Waals surface area contributed by atoms with Crippen LogP contribution in [0.3, 0.4) is 0 Å². The fourth-order valence-corrected chi connectivity index (χ4v) is 2.19. The number of amides is 1. The molecule has 116 valence electrons. The Labute approximate surface area is 135 Å². The summed E-state index contributed by atoms with van der Waals surface area (Å²) in [4.78, 5) is 11.9. The second-order valence-electron chi connectivity index (χ2n) is 4.79. The number of nitrogens with one attached hydrogen (secondary N) is 1. The zero-order chi connectivity index (χ0) is 15.9. The fraction of sp³-hybridized carbons (Fsp3) is 0.235. The number of halogens is 1. The number of benzene rings is 2. The first-order chi connectivity index (χ1) is 10.6. The summed E-state index contributed by atoms with van der Waals surface area (Å²) in [5.41, 5.74) is 1.81. The molecule has 0 aliphatic rings. The van der Waals surface area contributed by atoms with Gasteiger partial charge in [-0.1, -0.05) is 29.8 Å². The lowest BCUT2D eigenvalue weighted by atomic mass is 10.2. The number of methoxy groups -OCH3 is 1. The lowest BCUT2D eigenvalue weighted by molar-refractivity contribution is -0.123. The molecule has 2 aromatic carbocycles. The van der Waals surface area contributed by atoms with Gasteiger partial charge < -0.3 is 14.8 Å². The average molecular weight is 320 g/mol. The highest BCUT2D eigenvalue weighted by Gasteiger charge is 2.08. The molecule has 0 unspecified atom stereocenters. The van der Waals surface area contributed by atoms with E-state index in [4.69, 9.17) is 21.1 Å². The molecule has 0 fully saturated rings. The van der Waals surface area contributed by atoms with E-state index in [1.54, 1.807) is 25.3 Å². The Morgan fingerprint density at radius 1 is 1.18 bits per heavy atom. The van der Waals surface area contributed by atoms with E-state index in [0.29, 0.717) is 23.1 Å². The topological polar surface area (TPSA) is 47.6 Å². The van der Waals surface area contributed by atoms with Crippen molar-refractivity contribution in [3.63, 3.8) is 0 Å². The van der Waals surface area contributed by atoms with Crippen LogP contribution in [0.4, 0.5) is 0 Å². The molecule has 22 heavy (non-hydrogen) atoms. The Morgan fingerprint density at radius 2 is 1.95 bits per heavy atom. The molecule has 0 aliphatic carbocycles. The summed E-state index contributed by atoms with van der Waals surface area (Å²) in [6.07, 6.45) is 0. The maximum Gasteiger partial charge on any atom is 0.258 e. The van der Waals surface area contributed by atoms with Gasteiger partial charge in [0.2, 0.25) is 0 Å². The summed E-state index contributed by atoms with van der Waals surface area (Å²) in [5.74, 6) is 1.19. The SMILES string of the molecule is COc1ccc(Cl)cc1CNC(=O)COc1ccccc1C. The molecule has 2 rings (SSSR count). The minimum Gasteiger partial charge on any atom is -0.496 e. The number of hydrogen-bond donors (Lipinski definition) is 1. The maximum atomic E-state index is 11.9. The molecule has 4 nitrogen and oxygen atoms in total. The van der Waals surface area contributed by atoms with E-state index in [2.05, 4.69) is 5.32 Å². The summed E-state index contributed by atoms with van der Waals surface area (Å²) in [7, 11) is 1.58. The van der Waals surface area contributed by atoms with E-state index in [1.807, 2.05) is 31.2 Å². The zero-order valence-corrected chi connectivity index (χ0v) is 13.3. The summed E-state index contributed by atoms with van der Waals surface area (Å²) >= 11 is 5.95. The van der Waals surface area contributed by atoms with Crippen LogP contribution in [-0.2, 0) is 11.3 Å². The maximum absolute atomic E-state index is 11.9. The lowest BCUT2D eigenvalue weighted by Crippen LogP contribution is -2.28. The molecule has 5 heteroatoms. The van der Waals surface area contributed by atoms with Crippen LogP contribution < -0.4 is 14.8 Å². The molecule has 0 aromatic heterocycles. The highest BCUT2D eigenvalue weighted by atomic mass is 35.5. The Balaban J connectivity index is 1.88. The summed E-state index contributed by atoms with van der Waals surface area (Å²) < 4.78 is 10.7. The van der Waals surface area contributed by atoms with Crippen LogP contribution in [0.5, 0.6) is 11.5 Å². The molecule has 1 N–H and O–H groups in total. The van der Waals surface area contributed by atoms with Crippen molar-refractivity contribution in [3.05, 3.63) is 58.6 Å². The van der Waals surface area contributed by atoms with Crippen molar-refractivity contribution in [1.29, 1.82) is 0 Å². The molecule has 0 heterocycles. The van der Waals surface area contributed by atoms with Gasteiger partial charge in [-0.05, 0) is 36.8 Å². The van der Waals surface area contributed by atoms with Gasteiger partial charge in [0.25, 0.3) is 5.91 Å². The van der Waals surface area contributed by atoms with Crippen molar-refractivity contribution in [1.82, 2.24) is 5.32 Å². The second-order valence-corrected chi connectivity index (χ2v) is 5.22. The van der Waals surface area contributed by atoms with Crippen LogP contribution in [-0.4, -0.2) is 19.6 Å². The van der Waals surface area contributed by atoms with Crippen molar-refractivity contribution in [2.75, 3.05) is 13.7 Å². The van der Waals surface area contributed by atoms with Gasteiger partial charge in [-0.25, -0.2) is 0 Å². The molecule has 1 amide bonds. The van der Waals surface area contributed by atoms with Gasteiger partial charge in [-0.2, -0.15) is 0 Å². The number of rotatable bonds is 6. The van der Waals surface area contributed by atoms with Crippen LogP contribution in [0.25, 0.3) is 0 Å². The van der Waals surface area contributed by atoms with E-state index in [1.165, 1.54) is 0 Å². The standard InChI is InChI=1S/C17H18ClNO3/c1-12-5-3-4-6-15(12)22-11-17(20)19-10-13-9-14(18)7-8-16(13)21-2/h3-9H,10-11H2,1-2H3,(H,19,20). The number of carbonyl (C=O) groups excluding carboxylic acids is 1. The Kier molecular flexibility index (Phi) is 5.67. The highest BCUT2D eigenvalue weighted by Crippen LogP contribution is 2.22. The molecule has 0 saturated heterocycles. The quantitative estimate of drug-likeness (QED) is 0.888. The average Bonchev–Trinajstić information content (AvgIpc) is 2.52. The van der Waals surface area contributed by atoms with E-state index in [-0.39, 0.29) is 12.5 Å². The summed E-state index contributed by atoms with van der Waals surface area (Å²) in [6, 6.07) is 12.8. The van der Waals surface area contributed by atoms with E-state index in [0.717, 1.165) is 11.1 Å². The zero-order valence-electron chi connectivity index (χ0n) is 12.6. The molecule has 0 atom stereocenters. The first-order valence-electron chi connectivity index (χ1n) is 6.87. The monoisotopic (exact) mass is 319 g/mol. The van der Waals surface area contributed by atoms with Crippen LogP contribution in [0.15, 0.2) is 42.5 Å². The van der Waals surface area contributed by atoms with E-state index in [9.17, 15) is 4.79 Å². The predicted molar refractivity (Wildman–Crippen MR) is 86.5 cm³/mol. The van der Waals surface area contributed by atoms with Crippen LogP contribution in [0.1, 0.15) is 11.1 Å². The van der Waals surface area contributed by atoms with Crippen molar-refractivity contribution < 1.29 is 14.3 Å². The highest BCUT2D eigenvalue weighted by molar-refractivity contribution is 6.30. The normalized spacial score (nSPS) is 10.1. The number of carbonyl (C=O) groups is 1. The third-order valence-corrected chi connectivity index (χ3v) is 3.41. The Morgan fingerprint density at radius 3 is 2.68 bits per heavy atom. The van der Waals surface area contributed by atoms with Crippen molar-refractivity contribution >= 4 is 17.5 Å². The lowest BCUT2D eigenvalue weighted by Gasteiger charge is -2.11. The van der Waals surface area contributed by atoms with Gasteiger partial charge in [0, 0.05) is 17.1 Å². The molecular formula is C17H18ClNO3. The van der Waals surface area contributed by atoms with Gasteiger partial charge in [-0.15, -0.1) is 0 Å². The van der Waals surface area contributed by atoms with Crippen molar-refractivity contribution in [2.45, 2.75) is 13.5 Å². The Bertz CT molecular complexity index is 658. The summed E-state index contributed by atoms with van der Waals surface area (Å²) in [6.45, 7) is 2.23. The number of aryl methyl sites for hydroxylation is 1. The van der Waals surface area contributed by atoms with E-state index < -0.39 is 0 Å². The van der Waals surface area contributed by atoms with Gasteiger partial charge in [0.05, 0.1) is 7.11 Å². The predicted octanol–water partition coefficient (Wildman–Crippen LogP) is 3.35. The third-order valence-electron chi connectivity index (χ3n) is 3.17. The van der Waals surface area contributed by atoms with Crippen LogP contribution in [0.2, 0.25) is 5.02 Å². The second kappa shape index (κ2) is 7.71.